The molecule has 118 valence electrons. The van der Waals surface area contributed by atoms with Crippen LogP contribution < -0.4 is 14.2 Å². The first kappa shape index (κ1) is 15.3. The SMILES string of the molecule is CC(NS(=O)(=O)c1ccc(C#N)cc1)c1ccc2c(c1)OCO2. The van der Waals surface area contributed by atoms with Crippen molar-refractivity contribution in [2.45, 2.75) is 17.9 Å². The lowest BCUT2D eigenvalue weighted by Crippen LogP contribution is -2.26. The van der Waals surface area contributed by atoms with E-state index < -0.39 is 16.1 Å². The van der Waals surface area contributed by atoms with Crippen molar-refractivity contribution in [3.63, 3.8) is 0 Å². The second kappa shape index (κ2) is 5.91. The Balaban J connectivity index is 1.80. The van der Waals surface area contributed by atoms with Crippen LogP contribution in [-0.4, -0.2) is 15.2 Å². The molecule has 23 heavy (non-hydrogen) atoms. The van der Waals surface area contributed by atoms with Gasteiger partial charge in [0.25, 0.3) is 0 Å². The molecule has 2 aromatic rings. The quantitative estimate of drug-likeness (QED) is 0.929. The van der Waals surface area contributed by atoms with Gasteiger partial charge in [-0.1, -0.05) is 6.07 Å². The van der Waals surface area contributed by atoms with Crippen LogP contribution in [0.3, 0.4) is 0 Å². The summed E-state index contributed by atoms with van der Waals surface area (Å²) in [5.74, 6) is 1.25. The summed E-state index contributed by atoms with van der Waals surface area (Å²) < 4.78 is 37.9. The minimum Gasteiger partial charge on any atom is -0.454 e. The summed E-state index contributed by atoms with van der Waals surface area (Å²) in [5, 5.41) is 8.77. The third kappa shape index (κ3) is 3.13. The number of sulfonamides is 1. The minimum absolute atomic E-state index is 0.115. The zero-order chi connectivity index (χ0) is 16.4. The van der Waals surface area contributed by atoms with Crippen molar-refractivity contribution >= 4 is 10.0 Å². The fourth-order valence-corrected chi connectivity index (χ4v) is 3.49. The molecular weight excluding hydrogens is 316 g/mol. The number of benzene rings is 2. The molecule has 0 bridgehead atoms. The van der Waals surface area contributed by atoms with Crippen LogP contribution in [0.1, 0.15) is 24.1 Å². The molecule has 0 spiro atoms. The first-order valence-corrected chi connectivity index (χ1v) is 8.40. The maximum atomic E-state index is 12.4. The van der Waals surface area contributed by atoms with E-state index in [1.54, 1.807) is 25.1 Å². The van der Waals surface area contributed by atoms with Gasteiger partial charge in [0, 0.05) is 6.04 Å². The Morgan fingerprint density at radius 2 is 1.83 bits per heavy atom. The van der Waals surface area contributed by atoms with Gasteiger partial charge in [0.2, 0.25) is 16.8 Å². The lowest BCUT2D eigenvalue weighted by Gasteiger charge is -2.15. The molecule has 0 saturated carbocycles. The molecule has 0 aliphatic carbocycles. The maximum absolute atomic E-state index is 12.4. The Labute approximate surface area is 134 Å². The molecule has 2 aromatic carbocycles. The van der Waals surface area contributed by atoms with E-state index in [0.29, 0.717) is 17.1 Å². The molecule has 0 radical (unpaired) electrons. The van der Waals surface area contributed by atoms with E-state index in [9.17, 15) is 8.42 Å². The first-order chi connectivity index (χ1) is 11.0. The van der Waals surface area contributed by atoms with Gasteiger partial charge in [0.1, 0.15) is 0 Å². The van der Waals surface area contributed by atoms with E-state index in [0.717, 1.165) is 5.56 Å². The Kier molecular flexibility index (Phi) is 3.94. The Hall–Kier alpha value is -2.56. The van der Waals surface area contributed by atoms with Gasteiger partial charge in [0.15, 0.2) is 11.5 Å². The van der Waals surface area contributed by atoms with Crippen LogP contribution in [0, 0.1) is 11.3 Å². The van der Waals surface area contributed by atoms with Crippen LogP contribution in [0.5, 0.6) is 11.5 Å². The molecule has 0 fully saturated rings. The van der Waals surface area contributed by atoms with Crippen molar-refractivity contribution in [1.82, 2.24) is 4.72 Å². The summed E-state index contributed by atoms with van der Waals surface area (Å²) in [6.45, 7) is 1.92. The molecule has 3 rings (SSSR count). The molecule has 6 nitrogen and oxygen atoms in total. The van der Waals surface area contributed by atoms with E-state index in [1.807, 2.05) is 6.07 Å². The highest BCUT2D eigenvalue weighted by Gasteiger charge is 2.21. The van der Waals surface area contributed by atoms with E-state index in [2.05, 4.69) is 4.72 Å². The summed E-state index contributed by atoms with van der Waals surface area (Å²) in [5.41, 5.74) is 1.18. The lowest BCUT2D eigenvalue weighted by molar-refractivity contribution is 0.174. The van der Waals surface area contributed by atoms with Crippen molar-refractivity contribution in [1.29, 1.82) is 5.26 Å². The molecule has 1 heterocycles. The van der Waals surface area contributed by atoms with Gasteiger partial charge in [-0.15, -0.1) is 0 Å². The van der Waals surface area contributed by atoms with Gasteiger partial charge in [-0.2, -0.15) is 5.26 Å². The fourth-order valence-electron chi connectivity index (χ4n) is 2.26. The Bertz CT molecular complexity index is 870. The molecule has 0 saturated heterocycles. The van der Waals surface area contributed by atoms with Crippen LogP contribution in [0.15, 0.2) is 47.4 Å². The standard InChI is InChI=1S/C16H14N2O4S/c1-11(13-4-7-15-16(8-13)22-10-21-15)18-23(19,20)14-5-2-12(9-17)3-6-14/h2-8,11,18H,10H2,1H3. The van der Waals surface area contributed by atoms with Crippen LogP contribution in [-0.2, 0) is 10.0 Å². The second-order valence-corrected chi connectivity index (χ2v) is 6.81. The Morgan fingerprint density at radius 3 is 2.52 bits per heavy atom. The normalized spacial score (nSPS) is 14.3. The second-order valence-electron chi connectivity index (χ2n) is 5.09. The van der Waals surface area contributed by atoms with Crippen LogP contribution in [0.2, 0.25) is 0 Å². The zero-order valence-electron chi connectivity index (χ0n) is 12.3. The van der Waals surface area contributed by atoms with Crippen LogP contribution >= 0.6 is 0 Å². The van der Waals surface area contributed by atoms with Gasteiger partial charge in [-0.25, -0.2) is 13.1 Å². The number of hydrogen-bond donors (Lipinski definition) is 1. The average Bonchev–Trinajstić information content (AvgIpc) is 3.02. The molecule has 1 unspecified atom stereocenters. The zero-order valence-corrected chi connectivity index (χ0v) is 13.1. The van der Waals surface area contributed by atoms with Gasteiger partial charge in [-0.3, -0.25) is 0 Å². The van der Waals surface area contributed by atoms with Crippen molar-refractivity contribution in [2.75, 3.05) is 6.79 Å². The molecule has 1 aliphatic heterocycles. The van der Waals surface area contributed by atoms with Crippen LogP contribution in [0.25, 0.3) is 0 Å². The van der Waals surface area contributed by atoms with Gasteiger partial charge >= 0.3 is 0 Å². The molecule has 1 N–H and O–H groups in total. The van der Waals surface area contributed by atoms with E-state index in [-0.39, 0.29) is 11.7 Å². The molecule has 1 aliphatic rings. The van der Waals surface area contributed by atoms with E-state index in [1.165, 1.54) is 24.3 Å². The summed E-state index contributed by atoms with van der Waals surface area (Å²) in [6.07, 6.45) is 0. The molecular formula is C16H14N2O4S. The van der Waals surface area contributed by atoms with Crippen molar-refractivity contribution < 1.29 is 17.9 Å². The van der Waals surface area contributed by atoms with Gasteiger partial charge < -0.3 is 9.47 Å². The summed E-state index contributed by atoms with van der Waals surface area (Å²) in [6, 6.07) is 12.6. The van der Waals surface area contributed by atoms with Crippen molar-refractivity contribution in [2.24, 2.45) is 0 Å². The number of rotatable bonds is 4. The smallest absolute Gasteiger partial charge is 0.241 e. The lowest BCUT2D eigenvalue weighted by atomic mass is 10.1. The number of fused-ring (bicyclic) bond motifs is 1. The van der Waals surface area contributed by atoms with Crippen molar-refractivity contribution in [3.8, 4) is 17.6 Å². The highest BCUT2D eigenvalue weighted by atomic mass is 32.2. The number of nitrogens with zero attached hydrogens (tertiary/aromatic N) is 1. The molecule has 1 atom stereocenters. The summed E-state index contributed by atoms with van der Waals surface area (Å²) >= 11 is 0. The number of hydrogen-bond acceptors (Lipinski definition) is 5. The third-order valence-electron chi connectivity index (χ3n) is 3.52. The fraction of sp³-hybridized carbons (Fsp3) is 0.188. The topological polar surface area (TPSA) is 88.4 Å². The highest BCUT2D eigenvalue weighted by molar-refractivity contribution is 7.89. The van der Waals surface area contributed by atoms with Gasteiger partial charge in [0.05, 0.1) is 16.5 Å². The molecule has 0 amide bonds. The predicted octanol–water partition coefficient (Wildman–Crippen LogP) is 2.33. The monoisotopic (exact) mass is 330 g/mol. The highest BCUT2D eigenvalue weighted by Crippen LogP contribution is 2.34. The largest absolute Gasteiger partial charge is 0.454 e. The Morgan fingerprint density at radius 1 is 1.13 bits per heavy atom. The van der Waals surface area contributed by atoms with Gasteiger partial charge in [-0.05, 0) is 48.9 Å². The van der Waals surface area contributed by atoms with Crippen LogP contribution in [0.4, 0.5) is 0 Å². The number of nitrogens with one attached hydrogen (secondary N) is 1. The third-order valence-corrected chi connectivity index (χ3v) is 5.08. The maximum Gasteiger partial charge on any atom is 0.241 e. The van der Waals surface area contributed by atoms with E-state index in [4.69, 9.17) is 14.7 Å². The first-order valence-electron chi connectivity index (χ1n) is 6.91. The number of nitriles is 1. The summed E-state index contributed by atoms with van der Waals surface area (Å²) in [4.78, 5) is 0.115. The number of ether oxygens (including phenoxy) is 2. The summed E-state index contributed by atoms with van der Waals surface area (Å²) in [7, 11) is -3.68. The van der Waals surface area contributed by atoms with Crippen molar-refractivity contribution in [3.05, 3.63) is 53.6 Å². The molecule has 0 aromatic heterocycles. The van der Waals surface area contributed by atoms with E-state index >= 15 is 0 Å². The minimum atomic E-state index is -3.68. The molecule has 7 heteroatoms. The average molecular weight is 330 g/mol. The predicted molar refractivity (Wildman–Crippen MR) is 82.5 cm³/mol.